The number of hydrogen-bond acceptors (Lipinski definition) is 5. The van der Waals surface area contributed by atoms with Crippen molar-refractivity contribution in [3.8, 4) is 5.75 Å². The highest BCUT2D eigenvalue weighted by molar-refractivity contribution is 7.19. The summed E-state index contributed by atoms with van der Waals surface area (Å²) in [5.41, 5.74) is 1.23. The number of anilines is 1. The van der Waals surface area contributed by atoms with Gasteiger partial charge in [-0.3, -0.25) is 9.80 Å². The van der Waals surface area contributed by atoms with Gasteiger partial charge in [0.15, 0.2) is 0 Å². The second-order valence-electron chi connectivity index (χ2n) is 8.48. The number of nitrogens with zero attached hydrogens (tertiary/aromatic N) is 3. The summed E-state index contributed by atoms with van der Waals surface area (Å²) in [6.07, 6.45) is 2.64. The predicted molar refractivity (Wildman–Crippen MR) is 127 cm³/mol. The Kier molecular flexibility index (Phi) is 5.93. The Balaban J connectivity index is 1.18. The van der Waals surface area contributed by atoms with Gasteiger partial charge in [-0.2, -0.15) is 0 Å². The van der Waals surface area contributed by atoms with Crippen molar-refractivity contribution in [2.45, 2.75) is 25.4 Å². The van der Waals surface area contributed by atoms with Crippen LogP contribution < -0.4 is 9.64 Å². The zero-order valence-corrected chi connectivity index (χ0v) is 18.6. The highest BCUT2D eigenvalue weighted by Gasteiger charge is 2.29. The van der Waals surface area contributed by atoms with Gasteiger partial charge < -0.3 is 9.64 Å². The third kappa shape index (κ3) is 4.20. The molecule has 0 radical (unpaired) electrons. The average Bonchev–Trinajstić information content (AvgIpc) is 3.21. The quantitative estimate of drug-likeness (QED) is 0.594. The maximum atomic E-state index is 5.57. The fourth-order valence-electron chi connectivity index (χ4n) is 5.03. The zero-order chi connectivity index (χ0) is 20.3. The summed E-state index contributed by atoms with van der Waals surface area (Å²) in [6, 6.07) is 20.2. The van der Waals surface area contributed by atoms with Crippen molar-refractivity contribution >= 4 is 27.1 Å². The number of para-hydroxylation sites is 2. The maximum Gasteiger partial charge on any atom is 0.142 e. The van der Waals surface area contributed by atoms with E-state index in [-0.39, 0.29) is 0 Å². The molecule has 0 unspecified atom stereocenters. The van der Waals surface area contributed by atoms with Gasteiger partial charge in [-0.25, -0.2) is 0 Å². The highest BCUT2D eigenvalue weighted by Crippen LogP contribution is 2.30. The number of fused-ring (bicyclic) bond motifs is 1. The number of rotatable bonds is 5. The molecule has 5 heteroatoms. The summed E-state index contributed by atoms with van der Waals surface area (Å²) < 4.78 is 6.98. The first-order chi connectivity index (χ1) is 14.8. The van der Waals surface area contributed by atoms with Crippen molar-refractivity contribution in [2.24, 2.45) is 0 Å². The van der Waals surface area contributed by atoms with E-state index in [9.17, 15) is 0 Å². The summed E-state index contributed by atoms with van der Waals surface area (Å²) in [5.74, 6) is 0.984. The van der Waals surface area contributed by atoms with Crippen LogP contribution in [0.1, 0.15) is 17.7 Å². The van der Waals surface area contributed by atoms with Gasteiger partial charge >= 0.3 is 0 Å². The molecular formula is C25H31N3OS. The number of likely N-dealkylation sites (tertiary alicyclic amines) is 1. The second kappa shape index (κ2) is 8.96. The third-order valence-electron chi connectivity index (χ3n) is 6.59. The van der Waals surface area contributed by atoms with Gasteiger partial charge in [-0.05, 0) is 49.0 Å². The Morgan fingerprint density at radius 1 is 0.967 bits per heavy atom. The molecule has 5 rings (SSSR count). The van der Waals surface area contributed by atoms with E-state index in [4.69, 9.17) is 4.74 Å². The Hall–Kier alpha value is -2.08. The molecule has 0 aliphatic carbocycles. The Bertz CT molecular complexity index is 946. The molecule has 0 bridgehead atoms. The van der Waals surface area contributed by atoms with E-state index in [1.54, 1.807) is 7.11 Å². The number of piperazine rings is 1. The summed E-state index contributed by atoms with van der Waals surface area (Å²) in [7, 11) is 1.77. The first-order valence-electron chi connectivity index (χ1n) is 11.1. The first kappa shape index (κ1) is 19.9. The average molecular weight is 422 g/mol. The maximum absolute atomic E-state index is 5.57. The van der Waals surface area contributed by atoms with E-state index in [0.29, 0.717) is 6.04 Å². The highest BCUT2D eigenvalue weighted by atomic mass is 32.1. The minimum absolute atomic E-state index is 0.688. The van der Waals surface area contributed by atoms with Crippen LogP contribution >= 0.6 is 11.3 Å². The van der Waals surface area contributed by atoms with Crippen LogP contribution in [0, 0.1) is 0 Å². The van der Waals surface area contributed by atoms with E-state index < -0.39 is 0 Å². The lowest BCUT2D eigenvalue weighted by Gasteiger charge is -2.44. The standard InChI is InChI=1S/C25H31N3OS/c1-29-24-10-4-3-9-23(24)28-15-13-27(14-16-28)21-8-6-12-26(18-21)19-22-17-20-7-2-5-11-25(20)30-22/h2-5,7,9-11,17,21H,6,8,12-16,18-19H2,1H3/t21-/m0/s1. The van der Waals surface area contributed by atoms with Crippen molar-refractivity contribution in [1.82, 2.24) is 9.80 Å². The summed E-state index contributed by atoms with van der Waals surface area (Å²) in [4.78, 5) is 9.37. The molecule has 1 aromatic heterocycles. The van der Waals surface area contributed by atoms with E-state index >= 15 is 0 Å². The van der Waals surface area contributed by atoms with E-state index in [0.717, 1.165) is 38.5 Å². The van der Waals surface area contributed by atoms with Crippen LogP contribution in [-0.2, 0) is 6.54 Å². The smallest absolute Gasteiger partial charge is 0.142 e. The zero-order valence-electron chi connectivity index (χ0n) is 17.8. The lowest BCUT2D eigenvalue weighted by Crippen LogP contribution is -2.55. The summed E-state index contributed by atoms with van der Waals surface area (Å²) >= 11 is 1.96. The summed E-state index contributed by atoms with van der Waals surface area (Å²) in [6.45, 7) is 7.95. The van der Waals surface area contributed by atoms with Crippen LogP contribution in [0.2, 0.25) is 0 Å². The molecule has 4 nitrogen and oxygen atoms in total. The second-order valence-corrected chi connectivity index (χ2v) is 9.64. The first-order valence-corrected chi connectivity index (χ1v) is 11.9. The molecule has 1 atom stereocenters. The molecule has 2 saturated heterocycles. The Labute approximate surface area is 183 Å². The van der Waals surface area contributed by atoms with Crippen molar-refractivity contribution < 1.29 is 4.74 Å². The van der Waals surface area contributed by atoms with Crippen molar-refractivity contribution in [3.63, 3.8) is 0 Å². The van der Waals surface area contributed by atoms with Gasteiger partial charge in [0.1, 0.15) is 5.75 Å². The number of methoxy groups -OCH3 is 1. The molecule has 2 aliphatic rings. The number of hydrogen-bond donors (Lipinski definition) is 0. The molecule has 2 fully saturated rings. The largest absolute Gasteiger partial charge is 0.495 e. The normalized spacial score (nSPS) is 21.2. The number of thiophene rings is 1. The van der Waals surface area contributed by atoms with E-state index in [2.05, 4.69) is 63.2 Å². The summed E-state index contributed by atoms with van der Waals surface area (Å²) in [5, 5.41) is 1.39. The molecular weight excluding hydrogens is 390 g/mol. The minimum atomic E-state index is 0.688. The van der Waals surface area contributed by atoms with E-state index in [1.807, 2.05) is 17.4 Å². The van der Waals surface area contributed by atoms with E-state index in [1.165, 1.54) is 46.6 Å². The molecule has 2 aromatic carbocycles. The molecule has 158 valence electrons. The van der Waals surface area contributed by atoms with Crippen LogP contribution in [0.5, 0.6) is 5.75 Å². The molecule has 3 heterocycles. The monoisotopic (exact) mass is 421 g/mol. The molecule has 3 aromatic rings. The Morgan fingerprint density at radius 2 is 1.77 bits per heavy atom. The lowest BCUT2D eigenvalue weighted by atomic mass is 10.0. The minimum Gasteiger partial charge on any atom is -0.495 e. The van der Waals surface area contributed by atoms with Gasteiger partial charge in [-0.1, -0.05) is 30.3 Å². The Morgan fingerprint density at radius 3 is 2.60 bits per heavy atom. The number of ether oxygens (including phenoxy) is 1. The van der Waals surface area contributed by atoms with Crippen LogP contribution in [-0.4, -0.2) is 62.2 Å². The fraction of sp³-hybridized carbons (Fsp3) is 0.440. The van der Waals surface area contributed by atoms with Crippen LogP contribution in [0.25, 0.3) is 10.1 Å². The number of benzene rings is 2. The van der Waals surface area contributed by atoms with Gasteiger partial charge in [0.25, 0.3) is 0 Å². The van der Waals surface area contributed by atoms with Crippen molar-refractivity contribution in [1.29, 1.82) is 0 Å². The SMILES string of the molecule is COc1ccccc1N1CCN([C@H]2CCCN(Cc3cc4ccccc4s3)C2)CC1. The molecule has 2 aliphatic heterocycles. The van der Waals surface area contributed by atoms with Crippen LogP contribution in [0.15, 0.2) is 54.6 Å². The number of piperidine rings is 1. The molecule has 0 N–H and O–H groups in total. The molecule has 30 heavy (non-hydrogen) atoms. The van der Waals surface area contributed by atoms with Crippen LogP contribution in [0.4, 0.5) is 5.69 Å². The van der Waals surface area contributed by atoms with Gasteiger partial charge in [0.2, 0.25) is 0 Å². The van der Waals surface area contributed by atoms with Gasteiger partial charge in [0.05, 0.1) is 12.8 Å². The van der Waals surface area contributed by atoms with Crippen molar-refractivity contribution in [2.75, 3.05) is 51.3 Å². The van der Waals surface area contributed by atoms with Gasteiger partial charge in [-0.15, -0.1) is 11.3 Å². The molecule has 0 amide bonds. The molecule has 0 saturated carbocycles. The third-order valence-corrected chi connectivity index (χ3v) is 7.69. The predicted octanol–water partition coefficient (Wildman–Crippen LogP) is 4.70. The fourth-order valence-corrected chi connectivity index (χ4v) is 6.13. The van der Waals surface area contributed by atoms with Crippen LogP contribution in [0.3, 0.4) is 0 Å². The van der Waals surface area contributed by atoms with Gasteiger partial charge in [0, 0.05) is 54.9 Å². The molecule has 0 spiro atoms. The lowest BCUT2D eigenvalue weighted by molar-refractivity contribution is 0.0892. The topological polar surface area (TPSA) is 19.0 Å². The van der Waals surface area contributed by atoms with Crippen molar-refractivity contribution in [3.05, 3.63) is 59.5 Å².